The summed E-state index contributed by atoms with van der Waals surface area (Å²) < 4.78 is 13.2. The fourth-order valence-corrected chi connectivity index (χ4v) is 6.08. The zero-order chi connectivity index (χ0) is 29.8. The van der Waals surface area contributed by atoms with Gasteiger partial charge in [-0.3, -0.25) is 19.3 Å². The molecule has 2 amide bonds. The highest BCUT2D eigenvalue weighted by atomic mass is 79.9. The quantitative estimate of drug-likeness (QED) is 0.184. The molecule has 0 bridgehead atoms. The summed E-state index contributed by atoms with van der Waals surface area (Å²) in [6.07, 6.45) is 7.94. The summed E-state index contributed by atoms with van der Waals surface area (Å²) in [6, 6.07) is 12.9. The van der Waals surface area contributed by atoms with E-state index in [9.17, 15) is 14.4 Å². The van der Waals surface area contributed by atoms with Crippen molar-refractivity contribution in [2.24, 2.45) is 0 Å². The minimum absolute atomic E-state index is 0.0723. The van der Waals surface area contributed by atoms with Crippen molar-refractivity contribution in [3.05, 3.63) is 64.4 Å². The van der Waals surface area contributed by atoms with Gasteiger partial charge in [0, 0.05) is 40.2 Å². The molecule has 0 N–H and O–H groups in total. The molecule has 9 nitrogen and oxygen atoms in total. The molecule has 42 heavy (non-hydrogen) atoms. The Bertz CT molecular complexity index is 1540. The molecule has 0 saturated carbocycles. The molecule has 2 saturated heterocycles. The van der Waals surface area contributed by atoms with Crippen LogP contribution >= 0.6 is 28.1 Å². The number of amides is 2. The van der Waals surface area contributed by atoms with Crippen LogP contribution in [0.15, 0.2) is 58.8 Å². The van der Waals surface area contributed by atoms with Crippen molar-refractivity contribution in [1.29, 1.82) is 0 Å². The van der Waals surface area contributed by atoms with Crippen molar-refractivity contribution in [2.75, 3.05) is 38.3 Å². The van der Waals surface area contributed by atoms with Gasteiger partial charge in [0.15, 0.2) is 5.11 Å². The second-order valence-corrected chi connectivity index (χ2v) is 11.5. The Morgan fingerprint density at radius 1 is 1.02 bits per heavy atom. The summed E-state index contributed by atoms with van der Waals surface area (Å²) in [4.78, 5) is 44.4. The number of halogens is 1. The molecule has 2 fully saturated rings. The van der Waals surface area contributed by atoms with Crippen LogP contribution in [-0.4, -0.2) is 70.6 Å². The maximum absolute atomic E-state index is 13.9. The summed E-state index contributed by atoms with van der Waals surface area (Å²) in [7, 11) is 1.29. The average Bonchev–Trinajstić information content (AvgIpc) is 3.24. The van der Waals surface area contributed by atoms with E-state index >= 15 is 0 Å². The lowest BCUT2D eigenvalue weighted by Gasteiger charge is -2.20. The van der Waals surface area contributed by atoms with Gasteiger partial charge >= 0.3 is 5.97 Å². The monoisotopic (exact) mass is 652 g/mol. The lowest BCUT2D eigenvalue weighted by molar-refractivity contribution is -0.140. The van der Waals surface area contributed by atoms with Crippen molar-refractivity contribution in [1.82, 2.24) is 14.4 Å². The Kier molecular flexibility index (Phi) is 9.27. The number of aromatic nitrogens is 1. The second kappa shape index (κ2) is 13.1. The normalized spacial score (nSPS) is 16.8. The first kappa shape index (κ1) is 29.8. The molecule has 3 heterocycles. The number of esters is 1. The lowest BCUT2D eigenvalue weighted by atomic mass is 10.1. The van der Waals surface area contributed by atoms with Crippen molar-refractivity contribution in [2.45, 2.75) is 39.2 Å². The third-order valence-electron chi connectivity index (χ3n) is 7.49. The number of hydrogen-bond acceptors (Lipinski definition) is 6. The third-order valence-corrected chi connectivity index (χ3v) is 8.38. The van der Waals surface area contributed by atoms with Gasteiger partial charge in [0.25, 0.3) is 5.91 Å². The summed E-state index contributed by atoms with van der Waals surface area (Å²) in [5.41, 5.74) is 2.38. The first-order valence-electron chi connectivity index (χ1n) is 14.0. The predicted octanol–water partition coefficient (Wildman–Crippen LogP) is 5.35. The fraction of sp³-hybridized carbons (Fsp3) is 0.355. The van der Waals surface area contributed by atoms with Gasteiger partial charge in [0.2, 0.25) is 5.91 Å². The number of ether oxygens (including phenoxy) is 2. The molecule has 0 atom stereocenters. The lowest BCUT2D eigenvalue weighted by Crippen LogP contribution is -2.35. The van der Waals surface area contributed by atoms with Crippen LogP contribution in [0.1, 0.15) is 38.2 Å². The van der Waals surface area contributed by atoms with Crippen LogP contribution < -0.4 is 9.64 Å². The molecule has 220 valence electrons. The summed E-state index contributed by atoms with van der Waals surface area (Å²) in [5.74, 6) is -0.153. The van der Waals surface area contributed by atoms with Crippen LogP contribution in [0.3, 0.4) is 0 Å². The van der Waals surface area contributed by atoms with Crippen LogP contribution in [0, 0.1) is 0 Å². The van der Waals surface area contributed by atoms with Crippen molar-refractivity contribution >= 4 is 73.7 Å². The maximum atomic E-state index is 13.9. The van der Waals surface area contributed by atoms with E-state index in [0.29, 0.717) is 18.0 Å². The van der Waals surface area contributed by atoms with Crippen molar-refractivity contribution in [3.8, 4) is 5.75 Å². The van der Waals surface area contributed by atoms with Gasteiger partial charge in [-0.15, -0.1) is 0 Å². The Labute approximate surface area is 258 Å². The number of benzene rings is 2. The molecule has 0 spiro atoms. The molecule has 1 aromatic heterocycles. The molecular formula is C31H33BrN4O5S. The highest BCUT2D eigenvalue weighted by molar-refractivity contribution is 9.10. The number of carbonyl (C=O) groups excluding carboxylic acids is 3. The highest BCUT2D eigenvalue weighted by Crippen LogP contribution is 2.33. The molecule has 2 aromatic carbocycles. The van der Waals surface area contributed by atoms with E-state index in [2.05, 4.69) is 15.9 Å². The van der Waals surface area contributed by atoms with Crippen LogP contribution in [0.5, 0.6) is 5.75 Å². The van der Waals surface area contributed by atoms with E-state index in [0.717, 1.165) is 59.7 Å². The van der Waals surface area contributed by atoms with Crippen LogP contribution in [0.4, 0.5) is 5.69 Å². The highest BCUT2D eigenvalue weighted by Gasteiger charge is 2.40. The Morgan fingerprint density at radius 2 is 1.74 bits per heavy atom. The van der Waals surface area contributed by atoms with E-state index in [-0.39, 0.29) is 35.7 Å². The smallest absolute Gasteiger partial charge is 0.325 e. The summed E-state index contributed by atoms with van der Waals surface area (Å²) in [5, 5.41) is 1.03. The Balaban J connectivity index is 1.54. The number of anilines is 1. The largest absolute Gasteiger partial charge is 0.494 e. The molecule has 3 aromatic rings. The van der Waals surface area contributed by atoms with E-state index in [4.69, 9.17) is 21.7 Å². The second-order valence-electron chi connectivity index (χ2n) is 10.2. The topological polar surface area (TPSA) is 84.3 Å². The van der Waals surface area contributed by atoms with Crippen molar-refractivity contribution < 1.29 is 23.9 Å². The van der Waals surface area contributed by atoms with Gasteiger partial charge in [-0.05, 0) is 80.5 Å². The molecule has 2 aliphatic heterocycles. The molecular weight excluding hydrogens is 620 g/mol. The molecule has 0 unspecified atom stereocenters. The molecule has 0 aliphatic carbocycles. The Morgan fingerprint density at radius 3 is 2.40 bits per heavy atom. The van der Waals surface area contributed by atoms with E-state index in [1.54, 1.807) is 30.3 Å². The molecule has 5 rings (SSSR count). The van der Waals surface area contributed by atoms with Crippen molar-refractivity contribution in [3.63, 3.8) is 0 Å². The number of likely N-dealkylation sites (tertiary alicyclic amines) is 1. The number of thiocarbonyl (C=S) groups is 1. The Hall–Kier alpha value is -3.70. The predicted molar refractivity (Wildman–Crippen MR) is 169 cm³/mol. The van der Waals surface area contributed by atoms with Gasteiger partial charge in [-0.2, -0.15) is 0 Å². The number of rotatable bonds is 8. The number of fused-ring (bicyclic) bond motifs is 1. The zero-order valence-corrected chi connectivity index (χ0v) is 26.1. The van der Waals surface area contributed by atoms with Gasteiger partial charge in [-0.25, -0.2) is 0 Å². The first-order valence-corrected chi connectivity index (χ1v) is 15.2. The van der Waals surface area contributed by atoms with Crippen LogP contribution in [0.2, 0.25) is 0 Å². The van der Waals surface area contributed by atoms with Gasteiger partial charge in [-0.1, -0.05) is 28.8 Å². The van der Waals surface area contributed by atoms with Gasteiger partial charge in [0.05, 0.1) is 19.4 Å². The summed E-state index contributed by atoms with van der Waals surface area (Å²) >= 11 is 9.28. The van der Waals surface area contributed by atoms with E-state index < -0.39 is 5.97 Å². The van der Waals surface area contributed by atoms with Crippen LogP contribution in [0.25, 0.3) is 17.0 Å². The average molecular weight is 654 g/mol. The van der Waals surface area contributed by atoms with Gasteiger partial charge in [0.1, 0.15) is 24.5 Å². The van der Waals surface area contributed by atoms with Gasteiger partial charge < -0.3 is 23.8 Å². The third kappa shape index (κ3) is 6.22. The van der Waals surface area contributed by atoms with E-state index in [1.807, 2.05) is 40.8 Å². The van der Waals surface area contributed by atoms with E-state index in [1.165, 1.54) is 16.9 Å². The molecule has 11 heteroatoms. The number of hydrogen-bond donors (Lipinski definition) is 0. The fourth-order valence-electron chi connectivity index (χ4n) is 5.37. The SMILES string of the molecule is CCOc1ccc(N2C(=O)/C(=C/c3cn(CC(=O)N4CCCCCC4)c4ccc(Br)cc34)N(CC(=O)OC)C2=S)cc1. The number of carbonyl (C=O) groups is 3. The summed E-state index contributed by atoms with van der Waals surface area (Å²) in [6.45, 7) is 3.93. The number of nitrogens with zero attached hydrogens (tertiary/aromatic N) is 4. The maximum Gasteiger partial charge on any atom is 0.325 e. The molecule has 0 radical (unpaired) electrons. The zero-order valence-electron chi connectivity index (χ0n) is 23.7. The minimum atomic E-state index is -0.530. The first-order chi connectivity index (χ1) is 20.3. The number of methoxy groups -OCH3 is 1. The van der Waals surface area contributed by atoms with Crippen LogP contribution in [-0.2, 0) is 25.7 Å². The standard InChI is InChI=1S/C31H33BrN4O5S/c1-3-41-24-11-9-23(10-12-24)36-30(39)27(35(31(36)42)20-29(38)40-2)16-21-18-34(26-13-8-22(32)17-25(21)26)19-28(37)33-14-6-4-5-7-15-33/h8-13,16-18H,3-7,14-15,19-20H2,1-2H3/b27-16-. The minimum Gasteiger partial charge on any atom is -0.494 e. The molecule has 2 aliphatic rings.